The molecule has 1 aliphatic rings. The maximum absolute atomic E-state index is 13.9. The molecule has 0 radical (unpaired) electrons. The number of carboxylic acids is 1. The van der Waals surface area contributed by atoms with Crippen LogP contribution in [0, 0.1) is 5.82 Å². The maximum Gasteiger partial charge on any atom is 0.416 e. The second kappa shape index (κ2) is 12.1. The van der Waals surface area contributed by atoms with E-state index >= 15 is 0 Å². The van der Waals surface area contributed by atoms with Gasteiger partial charge in [0.25, 0.3) is 0 Å². The quantitative estimate of drug-likeness (QED) is 0.200. The van der Waals surface area contributed by atoms with E-state index in [0.717, 1.165) is 40.9 Å². The van der Waals surface area contributed by atoms with E-state index in [1.54, 1.807) is 24.3 Å². The molecule has 5 rings (SSSR count). The van der Waals surface area contributed by atoms with Gasteiger partial charge in [0.1, 0.15) is 5.82 Å². The highest BCUT2D eigenvalue weighted by Crippen LogP contribution is 2.51. The van der Waals surface area contributed by atoms with Gasteiger partial charge >= 0.3 is 12.1 Å². The van der Waals surface area contributed by atoms with E-state index in [4.69, 9.17) is 23.2 Å². The Kier molecular flexibility index (Phi) is 8.72. The van der Waals surface area contributed by atoms with Gasteiger partial charge in [-0.3, -0.25) is 4.79 Å². The molecule has 1 N–H and O–H groups in total. The largest absolute Gasteiger partial charge is 0.481 e. The monoisotopic (exact) mass is 617 g/mol. The molecule has 0 saturated carbocycles. The van der Waals surface area contributed by atoms with Crippen LogP contribution < -0.4 is 0 Å². The van der Waals surface area contributed by atoms with Crippen LogP contribution in [-0.2, 0) is 11.0 Å². The summed E-state index contributed by atoms with van der Waals surface area (Å²) in [6.07, 6.45) is -0.0510. The molecule has 9 heteroatoms. The van der Waals surface area contributed by atoms with E-state index in [2.05, 4.69) is 0 Å². The Bertz CT molecular complexity index is 1580. The van der Waals surface area contributed by atoms with Gasteiger partial charge in [-0.2, -0.15) is 13.2 Å². The van der Waals surface area contributed by atoms with Crippen molar-refractivity contribution in [3.8, 4) is 11.1 Å². The molecule has 0 spiro atoms. The minimum Gasteiger partial charge on any atom is -0.481 e. The summed E-state index contributed by atoms with van der Waals surface area (Å²) < 4.78 is 56.1. The van der Waals surface area contributed by atoms with Crippen molar-refractivity contribution in [2.45, 2.75) is 63.1 Å². The Morgan fingerprint density at radius 1 is 1.00 bits per heavy atom. The standard InChI is InChI=1S/C33H29Cl2F4NO2/c1-2-3-29(20-4-9-22(10-5-20)33(37,38)39)40-18-27(26-15-11-23(34)17-28(26)35)31-25(19-6-12-24(36)13-7-19)14-8-21(32(31)40)16-30(41)42/h4-7,9-13,15,17-18,21,25,29H,2-3,8,14,16H2,1H3,(H,41,42). The zero-order chi connectivity index (χ0) is 30.2. The number of alkyl halides is 3. The zero-order valence-electron chi connectivity index (χ0n) is 22.8. The Labute approximate surface area is 251 Å². The first kappa shape index (κ1) is 30.2. The van der Waals surface area contributed by atoms with Crippen molar-refractivity contribution in [3.05, 3.63) is 117 Å². The van der Waals surface area contributed by atoms with Crippen molar-refractivity contribution >= 4 is 29.2 Å². The molecule has 3 aromatic carbocycles. The Morgan fingerprint density at radius 3 is 2.29 bits per heavy atom. The maximum atomic E-state index is 13.9. The molecule has 1 aliphatic carbocycles. The van der Waals surface area contributed by atoms with Gasteiger partial charge in [-0.1, -0.05) is 66.9 Å². The number of rotatable bonds is 8. The summed E-state index contributed by atoms with van der Waals surface area (Å²) in [5.74, 6) is -1.82. The van der Waals surface area contributed by atoms with Gasteiger partial charge in [-0.25, -0.2) is 4.39 Å². The van der Waals surface area contributed by atoms with E-state index in [-0.39, 0.29) is 30.1 Å². The fraction of sp³-hybridized carbons (Fsp3) is 0.303. The van der Waals surface area contributed by atoms with Gasteiger partial charge in [-0.05, 0) is 72.4 Å². The second-order valence-corrected chi connectivity index (χ2v) is 11.6. The van der Waals surface area contributed by atoms with Crippen molar-refractivity contribution in [1.82, 2.24) is 4.57 Å². The number of aromatic nitrogens is 1. The van der Waals surface area contributed by atoms with Gasteiger partial charge in [0.2, 0.25) is 0 Å². The van der Waals surface area contributed by atoms with Crippen molar-refractivity contribution in [2.75, 3.05) is 0 Å². The fourth-order valence-corrected chi connectivity index (χ4v) is 6.76. The van der Waals surface area contributed by atoms with Crippen molar-refractivity contribution in [3.63, 3.8) is 0 Å². The second-order valence-electron chi connectivity index (χ2n) is 10.8. The van der Waals surface area contributed by atoms with Crippen molar-refractivity contribution in [2.24, 2.45) is 0 Å². The van der Waals surface area contributed by atoms with Crippen LogP contribution >= 0.6 is 23.2 Å². The lowest BCUT2D eigenvalue weighted by Crippen LogP contribution is -2.23. The summed E-state index contributed by atoms with van der Waals surface area (Å²) in [6, 6.07) is 16.3. The van der Waals surface area contributed by atoms with E-state index in [1.165, 1.54) is 24.3 Å². The van der Waals surface area contributed by atoms with Gasteiger partial charge in [0, 0.05) is 44.9 Å². The van der Waals surface area contributed by atoms with Crippen LogP contribution in [0.3, 0.4) is 0 Å². The average Bonchev–Trinajstić information content (AvgIpc) is 3.32. The van der Waals surface area contributed by atoms with E-state index < -0.39 is 17.7 Å². The number of hydrogen-bond donors (Lipinski definition) is 1. The number of carboxylic acid groups (broad SMARTS) is 1. The summed E-state index contributed by atoms with van der Waals surface area (Å²) >= 11 is 12.9. The Morgan fingerprint density at radius 2 is 1.69 bits per heavy atom. The molecule has 1 aromatic heterocycles. The topological polar surface area (TPSA) is 42.2 Å². The molecule has 0 aliphatic heterocycles. The summed E-state index contributed by atoms with van der Waals surface area (Å²) in [5, 5.41) is 10.7. The van der Waals surface area contributed by atoms with Crippen LogP contribution in [0.1, 0.15) is 84.9 Å². The lowest BCUT2D eigenvalue weighted by Gasteiger charge is -2.33. The normalized spacial score (nSPS) is 17.6. The number of aliphatic carboxylic acids is 1. The summed E-state index contributed by atoms with van der Waals surface area (Å²) in [6.45, 7) is 2.00. The number of fused-ring (bicyclic) bond motifs is 1. The minimum absolute atomic E-state index is 0.104. The molecule has 3 nitrogen and oxygen atoms in total. The first-order chi connectivity index (χ1) is 20.0. The highest BCUT2D eigenvalue weighted by Gasteiger charge is 2.37. The Hall–Kier alpha value is -3.29. The minimum atomic E-state index is -4.46. The molecular weight excluding hydrogens is 589 g/mol. The molecule has 1 heterocycles. The van der Waals surface area contributed by atoms with Crippen LogP contribution in [0.4, 0.5) is 17.6 Å². The summed E-state index contributed by atoms with van der Waals surface area (Å²) in [5.41, 5.74) is 4.07. The molecule has 0 fully saturated rings. The number of hydrogen-bond acceptors (Lipinski definition) is 1. The lowest BCUT2D eigenvalue weighted by molar-refractivity contribution is -0.138. The van der Waals surface area contributed by atoms with Crippen LogP contribution in [0.5, 0.6) is 0 Å². The smallest absolute Gasteiger partial charge is 0.416 e. The number of halogens is 6. The predicted octanol–water partition coefficient (Wildman–Crippen LogP) is 10.5. The predicted molar refractivity (Wildman–Crippen MR) is 157 cm³/mol. The number of benzene rings is 3. The van der Waals surface area contributed by atoms with Crippen LogP contribution in [-0.4, -0.2) is 15.6 Å². The first-order valence-corrected chi connectivity index (χ1v) is 14.6. The summed E-state index contributed by atoms with van der Waals surface area (Å²) in [4.78, 5) is 12.0. The van der Waals surface area contributed by atoms with Gasteiger partial charge in [0.15, 0.2) is 0 Å². The van der Waals surface area contributed by atoms with Crippen LogP contribution in [0.25, 0.3) is 11.1 Å². The molecule has 3 unspecified atom stereocenters. The molecule has 0 saturated heterocycles. The molecule has 0 amide bonds. The van der Waals surface area contributed by atoms with Crippen molar-refractivity contribution in [1.29, 1.82) is 0 Å². The SMILES string of the molecule is CCCC(c1ccc(C(F)(F)F)cc1)n1cc(-c2ccc(Cl)cc2Cl)c2c1C(CC(=O)O)CCC2c1ccc(F)cc1. The van der Waals surface area contributed by atoms with E-state index in [1.807, 2.05) is 23.8 Å². The molecule has 220 valence electrons. The number of nitrogens with zero attached hydrogens (tertiary/aromatic N) is 1. The van der Waals surface area contributed by atoms with Crippen molar-refractivity contribution < 1.29 is 27.5 Å². The zero-order valence-corrected chi connectivity index (χ0v) is 24.3. The molecular formula is C33H29Cl2F4NO2. The first-order valence-electron chi connectivity index (χ1n) is 13.8. The van der Waals surface area contributed by atoms with Gasteiger partial charge in [-0.15, -0.1) is 0 Å². The molecule has 42 heavy (non-hydrogen) atoms. The Balaban J connectivity index is 1.78. The average molecular weight is 618 g/mol. The third kappa shape index (κ3) is 6.09. The fourth-order valence-electron chi connectivity index (χ4n) is 6.25. The van der Waals surface area contributed by atoms with Crippen LogP contribution in [0.15, 0.2) is 72.9 Å². The third-order valence-corrected chi connectivity index (χ3v) is 8.63. The highest BCUT2D eigenvalue weighted by molar-refractivity contribution is 6.36. The molecule has 0 bridgehead atoms. The lowest BCUT2D eigenvalue weighted by atomic mass is 9.74. The van der Waals surface area contributed by atoms with Gasteiger partial charge < -0.3 is 9.67 Å². The highest BCUT2D eigenvalue weighted by atomic mass is 35.5. The van der Waals surface area contributed by atoms with Crippen LogP contribution in [0.2, 0.25) is 10.0 Å². The third-order valence-electron chi connectivity index (χ3n) is 8.09. The molecule has 4 aromatic rings. The number of carbonyl (C=O) groups is 1. The van der Waals surface area contributed by atoms with Gasteiger partial charge in [0.05, 0.1) is 18.0 Å². The van der Waals surface area contributed by atoms with E-state index in [9.17, 15) is 27.5 Å². The van der Waals surface area contributed by atoms with E-state index in [0.29, 0.717) is 40.4 Å². The molecule has 3 atom stereocenters. The summed E-state index contributed by atoms with van der Waals surface area (Å²) in [7, 11) is 0.